The molecular formula is C17H17N3S. The monoisotopic (exact) mass is 295 g/mol. The van der Waals surface area contributed by atoms with Crippen molar-refractivity contribution in [3.8, 4) is 0 Å². The van der Waals surface area contributed by atoms with E-state index in [1.54, 1.807) is 11.3 Å². The lowest BCUT2D eigenvalue weighted by molar-refractivity contribution is 0.598. The lowest BCUT2D eigenvalue weighted by Crippen LogP contribution is -2.24. The van der Waals surface area contributed by atoms with E-state index in [2.05, 4.69) is 51.9 Å². The van der Waals surface area contributed by atoms with Gasteiger partial charge in [-0.15, -0.1) is 11.3 Å². The van der Waals surface area contributed by atoms with Gasteiger partial charge in [0.25, 0.3) is 0 Å². The minimum absolute atomic E-state index is 0.195. The number of thiazole rings is 1. The van der Waals surface area contributed by atoms with E-state index < -0.39 is 0 Å². The summed E-state index contributed by atoms with van der Waals surface area (Å²) in [6.07, 6.45) is 4.39. The fourth-order valence-corrected chi connectivity index (χ4v) is 3.46. The quantitative estimate of drug-likeness (QED) is 0.794. The first kappa shape index (κ1) is 12.9. The van der Waals surface area contributed by atoms with E-state index in [4.69, 9.17) is 0 Å². The van der Waals surface area contributed by atoms with Gasteiger partial charge in [-0.3, -0.25) is 4.98 Å². The first-order chi connectivity index (χ1) is 10.3. The second-order valence-electron chi connectivity index (χ2n) is 5.66. The summed E-state index contributed by atoms with van der Waals surface area (Å²) in [7, 11) is 0. The standard InChI is InChI=1S/C17H17N3S/c1-11-10-21-17(19-11)16(20-14-5-6-14)13-4-7-15-12(9-13)3-2-8-18-15/h2-4,7-10,14,16,20H,5-6H2,1H3. The minimum atomic E-state index is 0.195. The molecule has 0 radical (unpaired) electrons. The van der Waals surface area contributed by atoms with Gasteiger partial charge in [0.2, 0.25) is 0 Å². The number of benzene rings is 1. The Labute approximate surface area is 128 Å². The molecule has 106 valence electrons. The average molecular weight is 295 g/mol. The van der Waals surface area contributed by atoms with E-state index in [1.165, 1.54) is 23.8 Å². The Hall–Kier alpha value is -1.78. The molecule has 1 aliphatic carbocycles. The van der Waals surface area contributed by atoms with Crippen molar-refractivity contribution < 1.29 is 0 Å². The Bertz CT molecular complexity index is 776. The molecule has 1 atom stereocenters. The zero-order chi connectivity index (χ0) is 14.2. The SMILES string of the molecule is Cc1csc(C(NC2CC2)c2ccc3ncccc3c2)n1. The highest BCUT2D eigenvalue weighted by Gasteiger charge is 2.27. The normalized spacial score (nSPS) is 16.2. The van der Waals surface area contributed by atoms with E-state index in [9.17, 15) is 0 Å². The topological polar surface area (TPSA) is 37.8 Å². The predicted octanol–water partition coefficient (Wildman–Crippen LogP) is 3.84. The van der Waals surface area contributed by atoms with E-state index in [0.29, 0.717) is 6.04 Å². The summed E-state index contributed by atoms with van der Waals surface area (Å²) in [4.78, 5) is 9.09. The van der Waals surface area contributed by atoms with Crippen molar-refractivity contribution in [2.24, 2.45) is 0 Å². The van der Waals surface area contributed by atoms with Crippen molar-refractivity contribution >= 4 is 22.2 Å². The fourth-order valence-electron chi connectivity index (χ4n) is 2.57. The Morgan fingerprint density at radius 1 is 1.29 bits per heavy atom. The fraction of sp³-hybridized carbons (Fsp3) is 0.294. The number of nitrogens with one attached hydrogen (secondary N) is 1. The van der Waals surface area contributed by atoms with Gasteiger partial charge in [-0.25, -0.2) is 4.98 Å². The smallest absolute Gasteiger partial charge is 0.114 e. The van der Waals surface area contributed by atoms with Crippen molar-refractivity contribution in [3.63, 3.8) is 0 Å². The van der Waals surface area contributed by atoms with Crippen LogP contribution < -0.4 is 5.32 Å². The van der Waals surface area contributed by atoms with Crippen molar-refractivity contribution in [2.75, 3.05) is 0 Å². The molecule has 1 aromatic carbocycles. The van der Waals surface area contributed by atoms with E-state index >= 15 is 0 Å². The summed E-state index contributed by atoms with van der Waals surface area (Å²) in [6, 6.07) is 11.5. The molecule has 0 bridgehead atoms. The van der Waals surface area contributed by atoms with Crippen molar-refractivity contribution in [2.45, 2.75) is 31.8 Å². The summed E-state index contributed by atoms with van der Waals surface area (Å²) in [5.41, 5.74) is 3.42. The Morgan fingerprint density at radius 3 is 2.95 bits per heavy atom. The van der Waals surface area contributed by atoms with Gasteiger partial charge in [-0.05, 0) is 43.5 Å². The average Bonchev–Trinajstić information content (AvgIpc) is 3.24. The summed E-state index contributed by atoms with van der Waals surface area (Å²) in [6.45, 7) is 2.05. The number of hydrogen-bond acceptors (Lipinski definition) is 4. The van der Waals surface area contributed by atoms with Crippen LogP contribution in [0.1, 0.15) is 35.1 Å². The number of nitrogens with zero attached hydrogens (tertiary/aromatic N) is 2. The molecule has 3 nitrogen and oxygen atoms in total. The summed E-state index contributed by atoms with van der Waals surface area (Å²) in [5, 5.41) is 8.19. The van der Waals surface area contributed by atoms with Crippen LogP contribution >= 0.6 is 11.3 Å². The van der Waals surface area contributed by atoms with Gasteiger partial charge in [-0.2, -0.15) is 0 Å². The largest absolute Gasteiger partial charge is 0.301 e. The molecule has 0 spiro atoms. The number of rotatable bonds is 4. The number of fused-ring (bicyclic) bond motifs is 1. The van der Waals surface area contributed by atoms with Crippen LogP contribution in [-0.4, -0.2) is 16.0 Å². The Balaban J connectivity index is 1.76. The Kier molecular flexibility index (Phi) is 3.20. The molecule has 0 aliphatic heterocycles. The summed E-state index contributed by atoms with van der Waals surface area (Å²) in [5.74, 6) is 0. The molecule has 1 saturated carbocycles. The van der Waals surface area contributed by atoms with E-state index in [-0.39, 0.29) is 6.04 Å². The molecule has 3 aromatic rings. The molecule has 4 heteroatoms. The third kappa shape index (κ3) is 2.69. The molecule has 21 heavy (non-hydrogen) atoms. The van der Waals surface area contributed by atoms with E-state index in [0.717, 1.165) is 16.2 Å². The van der Waals surface area contributed by atoms with Gasteiger partial charge >= 0.3 is 0 Å². The van der Waals surface area contributed by atoms with Gasteiger partial charge in [0.15, 0.2) is 0 Å². The van der Waals surface area contributed by atoms with E-state index in [1.807, 2.05) is 12.3 Å². The molecule has 1 unspecified atom stereocenters. The van der Waals surface area contributed by atoms with Crippen LogP contribution in [0, 0.1) is 6.92 Å². The highest BCUT2D eigenvalue weighted by atomic mass is 32.1. The second-order valence-corrected chi connectivity index (χ2v) is 6.55. The Morgan fingerprint density at radius 2 is 2.19 bits per heavy atom. The molecule has 2 aromatic heterocycles. The highest BCUT2D eigenvalue weighted by Crippen LogP contribution is 2.31. The number of aryl methyl sites for hydroxylation is 1. The first-order valence-corrected chi connectivity index (χ1v) is 8.20. The van der Waals surface area contributed by atoms with Crippen LogP contribution in [0.2, 0.25) is 0 Å². The molecule has 2 heterocycles. The molecule has 4 rings (SSSR count). The van der Waals surface area contributed by atoms with Gasteiger partial charge in [0.05, 0.1) is 11.6 Å². The third-order valence-electron chi connectivity index (χ3n) is 3.82. The molecule has 1 fully saturated rings. The maximum absolute atomic E-state index is 4.69. The molecule has 0 saturated heterocycles. The van der Waals surface area contributed by atoms with Gasteiger partial charge in [-0.1, -0.05) is 12.1 Å². The second kappa shape index (κ2) is 5.20. The molecule has 0 amide bonds. The number of pyridine rings is 1. The number of aromatic nitrogens is 2. The highest BCUT2D eigenvalue weighted by molar-refractivity contribution is 7.09. The third-order valence-corrected chi connectivity index (χ3v) is 4.85. The van der Waals surface area contributed by atoms with Crippen LogP contribution in [0.3, 0.4) is 0 Å². The maximum Gasteiger partial charge on any atom is 0.114 e. The first-order valence-electron chi connectivity index (χ1n) is 7.32. The summed E-state index contributed by atoms with van der Waals surface area (Å²) >= 11 is 1.74. The van der Waals surface area contributed by atoms with Crippen molar-refractivity contribution in [1.82, 2.24) is 15.3 Å². The van der Waals surface area contributed by atoms with Gasteiger partial charge in [0.1, 0.15) is 5.01 Å². The zero-order valence-electron chi connectivity index (χ0n) is 11.9. The van der Waals surface area contributed by atoms with Crippen molar-refractivity contribution in [3.05, 3.63) is 58.2 Å². The van der Waals surface area contributed by atoms with Gasteiger partial charge in [0, 0.05) is 28.7 Å². The number of hydrogen-bond donors (Lipinski definition) is 1. The molecule has 1 N–H and O–H groups in total. The predicted molar refractivity (Wildman–Crippen MR) is 86.6 cm³/mol. The van der Waals surface area contributed by atoms with Gasteiger partial charge < -0.3 is 5.32 Å². The molecule has 1 aliphatic rings. The van der Waals surface area contributed by atoms with Crippen LogP contribution in [0.5, 0.6) is 0 Å². The van der Waals surface area contributed by atoms with Crippen molar-refractivity contribution in [1.29, 1.82) is 0 Å². The summed E-state index contributed by atoms with van der Waals surface area (Å²) < 4.78 is 0. The van der Waals surface area contributed by atoms with Crippen LogP contribution in [0.15, 0.2) is 41.9 Å². The lowest BCUT2D eigenvalue weighted by Gasteiger charge is -2.17. The minimum Gasteiger partial charge on any atom is -0.301 e. The molecular weight excluding hydrogens is 278 g/mol. The lowest BCUT2D eigenvalue weighted by atomic mass is 10.0. The van der Waals surface area contributed by atoms with Crippen LogP contribution in [0.25, 0.3) is 10.9 Å². The van der Waals surface area contributed by atoms with Crippen LogP contribution in [-0.2, 0) is 0 Å². The van der Waals surface area contributed by atoms with Crippen LogP contribution in [0.4, 0.5) is 0 Å². The maximum atomic E-state index is 4.69. The zero-order valence-corrected chi connectivity index (χ0v) is 12.7.